The monoisotopic (exact) mass is 923 g/mol. The van der Waals surface area contributed by atoms with Crippen LogP contribution in [0, 0.1) is 5.92 Å². The molecule has 0 radical (unpaired) electrons. The zero-order valence-electron chi connectivity index (χ0n) is 38.1. The highest BCUT2D eigenvalue weighted by molar-refractivity contribution is 6.91. The van der Waals surface area contributed by atoms with Crippen molar-refractivity contribution in [2.75, 3.05) is 48.2 Å². The normalized spacial score (nSPS) is 24.6. The summed E-state index contributed by atoms with van der Waals surface area (Å²) in [7, 11) is -0.935. The summed E-state index contributed by atoms with van der Waals surface area (Å²) in [5.41, 5.74) is 4.02. The zero-order valence-corrected chi connectivity index (χ0v) is 39.8. The van der Waals surface area contributed by atoms with E-state index in [-0.39, 0.29) is 54.8 Å². The van der Waals surface area contributed by atoms with Crippen LogP contribution in [0.15, 0.2) is 121 Å². The number of nitrogens with one attached hydrogen (secondary N) is 1. The van der Waals surface area contributed by atoms with Crippen molar-refractivity contribution in [1.29, 1.82) is 0 Å². The van der Waals surface area contributed by atoms with Crippen LogP contribution in [0.2, 0.25) is 23.7 Å². The first-order chi connectivity index (χ1) is 31.9. The number of fused-ring (bicyclic) bond motifs is 3. The number of piperidine rings is 1. The Kier molecular flexibility index (Phi) is 11.6. The summed E-state index contributed by atoms with van der Waals surface area (Å²) in [6, 6.07) is 39.7. The molecule has 3 saturated heterocycles. The second-order valence-corrected chi connectivity index (χ2v) is 24.5. The summed E-state index contributed by atoms with van der Waals surface area (Å²) < 4.78 is 12.9. The highest BCUT2D eigenvalue weighted by Crippen LogP contribution is 2.60. The number of methoxy groups -OCH3 is 1. The summed E-state index contributed by atoms with van der Waals surface area (Å²) >= 11 is 6.84. The number of nitrogens with zero attached hydrogens (tertiary/aromatic N) is 4. The molecular weight excluding hydrogens is 866 g/mol. The number of carbonyl (C=O) groups is 3. The maximum absolute atomic E-state index is 15.7. The lowest BCUT2D eigenvalue weighted by molar-refractivity contribution is -0.151. The van der Waals surface area contributed by atoms with Gasteiger partial charge in [-0.05, 0) is 109 Å². The largest absolute Gasteiger partial charge is 0.497 e. The van der Waals surface area contributed by atoms with Crippen molar-refractivity contribution in [3.63, 3.8) is 0 Å². The molecule has 2 spiro atoms. The second-order valence-electron chi connectivity index (χ2n) is 19.3. The van der Waals surface area contributed by atoms with Crippen LogP contribution in [0.1, 0.15) is 48.4 Å². The molecule has 13 heteroatoms. The second kappa shape index (κ2) is 17.3. The number of amides is 3. The van der Waals surface area contributed by atoms with Gasteiger partial charge in [-0.1, -0.05) is 104 Å². The number of benzene rings is 5. The smallest absolute Gasteiger partial charge is 0.264 e. The fraction of sp³-hybridized carbons (Fsp3) is 0.377. The molecule has 0 aliphatic carbocycles. The Bertz CT molecular complexity index is 2660. The quantitative estimate of drug-likeness (QED) is 0.140. The van der Waals surface area contributed by atoms with Gasteiger partial charge in [0.25, 0.3) is 11.8 Å². The first-order valence-corrected chi connectivity index (χ1v) is 26.7. The van der Waals surface area contributed by atoms with Gasteiger partial charge in [0.2, 0.25) is 5.91 Å². The van der Waals surface area contributed by atoms with E-state index in [0.29, 0.717) is 48.7 Å². The molecule has 5 heterocycles. The Morgan fingerprint density at radius 1 is 0.879 bits per heavy atom. The molecule has 11 nitrogen and oxygen atoms in total. The summed E-state index contributed by atoms with van der Waals surface area (Å²) in [4.78, 5) is 52.9. The minimum Gasteiger partial charge on any atom is -0.497 e. The summed E-state index contributed by atoms with van der Waals surface area (Å²) in [6.07, 6.45) is 1.41. The van der Waals surface area contributed by atoms with Gasteiger partial charge in [-0.2, -0.15) is 0 Å². The van der Waals surface area contributed by atoms with Crippen molar-refractivity contribution in [2.24, 2.45) is 5.92 Å². The Morgan fingerprint density at radius 2 is 1.59 bits per heavy atom. The molecule has 342 valence electrons. The third kappa shape index (κ3) is 7.23. The van der Waals surface area contributed by atoms with E-state index in [1.807, 2.05) is 101 Å². The fourth-order valence-corrected chi connectivity index (χ4v) is 16.3. The third-order valence-electron chi connectivity index (χ3n) is 15.6. The van der Waals surface area contributed by atoms with Crippen LogP contribution in [-0.2, 0) is 44.2 Å². The summed E-state index contributed by atoms with van der Waals surface area (Å²) in [5.74, 6) is 0.178. The molecule has 0 bridgehead atoms. The molecule has 66 heavy (non-hydrogen) atoms. The third-order valence-corrected chi connectivity index (χ3v) is 20.2. The molecule has 3 amide bonds. The van der Waals surface area contributed by atoms with Gasteiger partial charge in [0.05, 0.1) is 59.3 Å². The van der Waals surface area contributed by atoms with E-state index in [0.717, 1.165) is 52.1 Å². The van der Waals surface area contributed by atoms with Crippen LogP contribution in [0.4, 0.5) is 17.1 Å². The van der Waals surface area contributed by atoms with Crippen LogP contribution < -0.4 is 29.9 Å². The molecule has 5 aromatic carbocycles. The Hall–Kier alpha value is -5.50. The van der Waals surface area contributed by atoms with Crippen LogP contribution in [0.25, 0.3) is 0 Å². The molecule has 0 aromatic heterocycles. The molecule has 2 N–H and O–H groups in total. The topological polar surface area (TPSA) is 115 Å². The van der Waals surface area contributed by atoms with Crippen LogP contribution in [-0.4, -0.2) is 87.0 Å². The molecule has 10 rings (SSSR count). The van der Waals surface area contributed by atoms with Gasteiger partial charge in [-0.15, -0.1) is 0 Å². The number of aliphatic hydroxyl groups excluding tert-OH is 1. The van der Waals surface area contributed by atoms with Gasteiger partial charge in [0.1, 0.15) is 11.3 Å². The van der Waals surface area contributed by atoms with E-state index < -0.39 is 25.3 Å². The number of carbonyl (C=O) groups excluding carboxylic acids is 3. The summed E-state index contributed by atoms with van der Waals surface area (Å²) in [6.45, 7) is 9.14. The highest BCUT2D eigenvalue weighted by Gasteiger charge is 2.67. The first-order valence-electron chi connectivity index (χ1n) is 23.3. The Balaban J connectivity index is 0.997. The predicted octanol–water partition coefficient (Wildman–Crippen LogP) is 7.38. The van der Waals surface area contributed by atoms with Crippen LogP contribution in [0.5, 0.6) is 5.75 Å². The maximum Gasteiger partial charge on any atom is 0.264 e. The van der Waals surface area contributed by atoms with Crippen molar-refractivity contribution in [2.45, 2.75) is 87.6 Å². The van der Waals surface area contributed by atoms with Gasteiger partial charge >= 0.3 is 0 Å². The number of aliphatic hydroxyl groups is 1. The molecule has 5 aromatic rings. The molecule has 5 aliphatic rings. The average Bonchev–Trinajstić information content (AvgIpc) is 3.88. The van der Waals surface area contributed by atoms with Crippen molar-refractivity contribution in [1.82, 2.24) is 10.2 Å². The highest BCUT2D eigenvalue weighted by atomic mass is 35.5. The maximum atomic E-state index is 15.7. The van der Waals surface area contributed by atoms with Crippen LogP contribution in [0.3, 0.4) is 0 Å². The standard InChI is InChI=1S/C53H58ClN5O6Si/c1-35-49(66(3,4)44-20-18-43(64-2)19-21-44)47(30-48(61)56-32-38-13-9-8-12-37(38)28-42(56)33-60)65-53(35)45-29-39(54)17-22-46(45)57(51(53)63)31-36-11-10-16-41(27-36)58-34-59(40-14-6-5-7-15-40)52(50(58)62)23-25-55-26-24-52/h5-22,27,29,35,42,47,49,55,60H,23-26,28,30-34H2,1-4H3/t35-,42-,47+,49-,53+/m0/s1. The number of ether oxygens (including phenoxy) is 2. The number of hydrogen-bond acceptors (Lipinski definition) is 8. The van der Waals surface area contributed by atoms with Gasteiger partial charge in [-0.3, -0.25) is 19.3 Å². The SMILES string of the molecule is COc1ccc([Si](C)(C)[C@@H]2[C@@H](CC(=O)N3Cc4ccccc4C[C@H]3CO)O[C@]3(C(=O)N(Cc4cccc(N5CN(c6ccccc6)C6(CCNCC6)C5=O)c4)c4ccc(Cl)cc43)[C@H]2C)cc1. The van der Waals surface area contributed by atoms with Gasteiger partial charge in [0.15, 0.2) is 5.60 Å². The van der Waals surface area contributed by atoms with E-state index in [1.54, 1.807) is 12.0 Å². The van der Waals surface area contributed by atoms with Gasteiger partial charge in [-0.25, -0.2) is 0 Å². The molecule has 3 fully saturated rings. The van der Waals surface area contributed by atoms with E-state index in [9.17, 15) is 14.7 Å². The lowest BCUT2D eigenvalue weighted by atomic mass is 9.82. The van der Waals surface area contributed by atoms with Crippen molar-refractivity contribution in [3.05, 3.63) is 149 Å². The van der Waals surface area contributed by atoms with Gasteiger partial charge in [0, 0.05) is 34.4 Å². The Morgan fingerprint density at radius 3 is 2.32 bits per heavy atom. The predicted molar refractivity (Wildman–Crippen MR) is 261 cm³/mol. The first kappa shape index (κ1) is 44.3. The molecular formula is C53H58ClN5O6Si. The number of para-hydroxylation sites is 1. The lowest BCUT2D eigenvalue weighted by Crippen LogP contribution is -2.55. The van der Waals surface area contributed by atoms with E-state index in [2.05, 4.69) is 60.6 Å². The number of hydrogen-bond donors (Lipinski definition) is 2. The van der Waals surface area contributed by atoms with E-state index >= 15 is 4.79 Å². The van der Waals surface area contributed by atoms with Crippen molar-refractivity contribution < 1.29 is 29.0 Å². The fourth-order valence-electron chi connectivity index (χ4n) is 12.1. The molecule has 0 unspecified atom stereocenters. The number of rotatable bonds is 10. The minimum atomic E-state index is -2.59. The Labute approximate surface area is 393 Å². The van der Waals surface area contributed by atoms with E-state index in [4.69, 9.17) is 21.1 Å². The molecule has 0 saturated carbocycles. The van der Waals surface area contributed by atoms with Crippen molar-refractivity contribution >= 4 is 59.6 Å². The zero-order chi connectivity index (χ0) is 46.0. The van der Waals surface area contributed by atoms with E-state index in [1.165, 1.54) is 0 Å². The molecule has 5 aliphatic heterocycles. The summed E-state index contributed by atoms with van der Waals surface area (Å²) in [5, 5.41) is 15.7. The van der Waals surface area contributed by atoms with Gasteiger partial charge < -0.3 is 34.6 Å². The minimum absolute atomic E-state index is 0.0502. The number of halogens is 1. The average molecular weight is 925 g/mol. The van der Waals surface area contributed by atoms with Crippen molar-refractivity contribution in [3.8, 4) is 5.75 Å². The number of anilines is 3. The lowest BCUT2D eigenvalue weighted by Gasteiger charge is -2.39. The van der Waals surface area contributed by atoms with Crippen LogP contribution >= 0.6 is 11.6 Å². The molecule has 5 atom stereocenters.